The van der Waals surface area contributed by atoms with Crippen LogP contribution in [0.5, 0.6) is 0 Å². The Bertz CT molecular complexity index is 861. The second kappa shape index (κ2) is 7.86. The highest BCUT2D eigenvalue weighted by molar-refractivity contribution is 7.91. The fraction of sp³-hybridized carbons (Fsp3) is 0.368. The van der Waals surface area contributed by atoms with Crippen molar-refractivity contribution in [3.8, 4) is 0 Å². The molecule has 0 bridgehead atoms. The van der Waals surface area contributed by atoms with Crippen molar-refractivity contribution in [2.24, 2.45) is 5.92 Å². The fourth-order valence-corrected chi connectivity index (χ4v) is 5.22. The van der Waals surface area contributed by atoms with Gasteiger partial charge in [0, 0.05) is 31.2 Å². The van der Waals surface area contributed by atoms with Crippen LogP contribution in [0.25, 0.3) is 0 Å². The number of carbonyl (C=O) groups excluding carboxylic acids is 1. The van der Waals surface area contributed by atoms with Gasteiger partial charge in [-0.05, 0) is 49.4 Å². The summed E-state index contributed by atoms with van der Waals surface area (Å²) in [5, 5.41) is 2.84. The Kier molecular flexibility index (Phi) is 5.56. The number of pyridine rings is 1. The van der Waals surface area contributed by atoms with Crippen LogP contribution in [0, 0.1) is 12.8 Å². The Morgan fingerprint density at radius 3 is 2.46 bits per heavy atom. The van der Waals surface area contributed by atoms with E-state index in [-0.39, 0.29) is 17.7 Å². The van der Waals surface area contributed by atoms with Gasteiger partial charge in [-0.1, -0.05) is 18.2 Å². The van der Waals surface area contributed by atoms with Crippen molar-refractivity contribution in [1.82, 2.24) is 9.88 Å². The van der Waals surface area contributed by atoms with E-state index in [0.717, 1.165) is 5.56 Å². The average Bonchev–Trinajstić information content (AvgIpc) is 2.63. The number of anilines is 1. The van der Waals surface area contributed by atoms with Crippen molar-refractivity contribution < 1.29 is 13.2 Å². The summed E-state index contributed by atoms with van der Waals surface area (Å²) in [6.45, 7) is 2.94. The van der Waals surface area contributed by atoms with Crippen LogP contribution in [0.3, 0.4) is 0 Å². The maximum atomic E-state index is 12.7. The number of urea groups is 1. The Hall–Kier alpha value is -2.41. The fourth-order valence-electron chi connectivity index (χ4n) is 3.25. The number of hydrogen-bond donors (Lipinski definition) is 1. The summed E-state index contributed by atoms with van der Waals surface area (Å²) < 4.78 is 25.4. The number of likely N-dealkylation sites (tertiary alicyclic amines) is 1. The van der Waals surface area contributed by atoms with Crippen LogP contribution in [-0.4, -0.2) is 43.2 Å². The number of aryl methyl sites for hydroxylation is 1. The molecule has 26 heavy (non-hydrogen) atoms. The number of carbonyl (C=O) groups is 1. The molecule has 1 aromatic carbocycles. The van der Waals surface area contributed by atoms with E-state index in [1.165, 1.54) is 0 Å². The number of piperidine rings is 1. The van der Waals surface area contributed by atoms with Gasteiger partial charge in [0.1, 0.15) is 0 Å². The van der Waals surface area contributed by atoms with E-state index in [9.17, 15) is 13.2 Å². The van der Waals surface area contributed by atoms with Crippen molar-refractivity contribution in [2.45, 2.75) is 24.7 Å². The van der Waals surface area contributed by atoms with Crippen LogP contribution in [0.15, 0.2) is 53.7 Å². The first-order valence-electron chi connectivity index (χ1n) is 8.70. The lowest BCUT2D eigenvalue weighted by Gasteiger charge is -2.32. The minimum Gasteiger partial charge on any atom is -0.325 e. The molecule has 0 unspecified atom stereocenters. The molecule has 1 saturated heterocycles. The van der Waals surface area contributed by atoms with Gasteiger partial charge in [0.25, 0.3) is 0 Å². The predicted molar refractivity (Wildman–Crippen MR) is 101 cm³/mol. The van der Waals surface area contributed by atoms with E-state index in [0.29, 0.717) is 36.5 Å². The topological polar surface area (TPSA) is 79.4 Å². The molecule has 1 fully saturated rings. The summed E-state index contributed by atoms with van der Waals surface area (Å²) in [4.78, 5) is 18.4. The minimum absolute atomic E-state index is 0.0737. The molecule has 0 atom stereocenters. The average molecular weight is 373 g/mol. The minimum atomic E-state index is -3.30. The van der Waals surface area contributed by atoms with Crippen molar-refractivity contribution in [1.29, 1.82) is 0 Å². The summed E-state index contributed by atoms with van der Waals surface area (Å²) >= 11 is 0. The molecule has 0 aliphatic carbocycles. The number of nitrogens with zero attached hydrogens (tertiary/aromatic N) is 2. The molecule has 7 heteroatoms. The Morgan fingerprint density at radius 1 is 1.15 bits per heavy atom. The highest BCUT2D eigenvalue weighted by Crippen LogP contribution is 2.24. The molecule has 6 nitrogen and oxygen atoms in total. The molecule has 1 N–H and O–H groups in total. The van der Waals surface area contributed by atoms with E-state index in [1.54, 1.807) is 41.6 Å². The van der Waals surface area contributed by atoms with Crippen LogP contribution >= 0.6 is 0 Å². The third-order valence-corrected chi connectivity index (χ3v) is 6.76. The SMILES string of the molecule is Cc1ccccc1S(=O)(=O)CC1CCN(C(=O)Nc2ccncc2)CC1. The van der Waals surface area contributed by atoms with Gasteiger partial charge in [0.2, 0.25) is 0 Å². The Labute approximate surface area is 154 Å². The zero-order valence-electron chi connectivity index (χ0n) is 14.8. The lowest BCUT2D eigenvalue weighted by molar-refractivity contribution is 0.187. The third-order valence-electron chi connectivity index (χ3n) is 4.72. The maximum absolute atomic E-state index is 12.7. The maximum Gasteiger partial charge on any atom is 0.321 e. The molecule has 1 aliphatic rings. The van der Waals surface area contributed by atoms with Crippen molar-refractivity contribution >= 4 is 21.6 Å². The van der Waals surface area contributed by atoms with Crippen LogP contribution in [-0.2, 0) is 9.84 Å². The summed E-state index contributed by atoms with van der Waals surface area (Å²) in [6.07, 6.45) is 4.63. The highest BCUT2D eigenvalue weighted by Gasteiger charge is 2.28. The summed E-state index contributed by atoms with van der Waals surface area (Å²) in [5.74, 6) is 0.210. The smallest absolute Gasteiger partial charge is 0.321 e. The molecule has 138 valence electrons. The van der Waals surface area contributed by atoms with Gasteiger partial charge < -0.3 is 10.2 Å². The molecule has 2 amide bonds. The molecule has 2 heterocycles. The van der Waals surface area contributed by atoms with Gasteiger partial charge in [-0.3, -0.25) is 4.98 Å². The Balaban J connectivity index is 1.55. The van der Waals surface area contributed by atoms with Gasteiger partial charge in [0.05, 0.1) is 10.6 Å². The number of sulfone groups is 1. The first-order chi connectivity index (χ1) is 12.5. The molecule has 3 rings (SSSR count). The lowest BCUT2D eigenvalue weighted by atomic mass is 9.99. The van der Waals surface area contributed by atoms with Gasteiger partial charge >= 0.3 is 6.03 Å². The number of hydrogen-bond acceptors (Lipinski definition) is 4. The number of nitrogens with one attached hydrogen (secondary N) is 1. The zero-order chi connectivity index (χ0) is 18.6. The predicted octanol–water partition coefficient (Wildman–Crippen LogP) is 3.11. The summed E-state index contributed by atoms with van der Waals surface area (Å²) in [5.41, 5.74) is 1.48. The quantitative estimate of drug-likeness (QED) is 0.893. The molecule has 2 aromatic rings. The number of benzene rings is 1. The molecule has 0 spiro atoms. The first kappa shape index (κ1) is 18.4. The van der Waals surface area contributed by atoms with E-state index in [2.05, 4.69) is 10.3 Å². The second-order valence-corrected chi connectivity index (χ2v) is 8.65. The summed E-state index contributed by atoms with van der Waals surface area (Å²) in [7, 11) is -3.30. The molecule has 1 aromatic heterocycles. The van der Waals surface area contributed by atoms with Gasteiger partial charge in [-0.25, -0.2) is 13.2 Å². The van der Waals surface area contributed by atoms with Crippen molar-refractivity contribution in [2.75, 3.05) is 24.2 Å². The van der Waals surface area contributed by atoms with E-state index < -0.39 is 9.84 Å². The largest absolute Gasteiger partial charge is 0.325 e. The van der Waals surface area contributed by atoms with Crippen LogP contribution < -0.4 is 5.32 Å². The highest BCUT2D eigenvalue weighted by atomic mass is 32.2. The molecule has 0 radical (unpaired) electrons. The van der Waals surface area contributed by atoms with Crippen LogP contribution in [0.4, 0.5) is 10.5 Å². The van der Waals surface area contributed by atoms with Crippen LogP contribution in [0.1, 0.15) is 18.4 Å². The second-order valence-electron chi connectivity index (χ2n) is 6.64. The van der Waals surface area contributed by atoms with Gasteiger partial charge in [-0.15, -0.1) is 0 Å². The number of amides is 2. The normalized spacial score (nSPS) is 15.7. The molecular weight excluding hydrogens is 350 g/mol. The van der Waals surface area contributed by atoms with E-state index in [4.69, 9.17) is 0 Å². The third kappa shape index (κ3) is 4.40. The number of rotatable bonds is 4. The monoisotopic (exact) mass is 373 g/mol. The summed E-state index contributed by atoms with van der Waals surface area (Å²) in [6, 6.07) is 10.4. The first-order valence-corrected chi connectivity index (χ1v) is 10.4. The standard InChI is InChI=1S/C19H23N3O3S/c1-15-4-2-3-5-18(15)26(24,25)14-16-8-12-22(13-9-16)19(23)21-17-6-10-20-11-7-17/h2-7,10-11,16H,8-9,12-14H2,1H3,(H,20,21,23). The van der Waals surface area contributed by atoms with E-state index >= 15 is 0 Å². The molecular formula is C19H23N3O3S. The number of aromatic nitrogens is 1. The van der Waals surface area contributed by atoms with Crippen molar-refractivity contribution in [3.05, 3.63) is 54.4 Å². The molecule has 1 aliphatic heterocycles. The van der Waals surface area contributed by atoms with Crippen molar-refractivity contribution in [3.63, 3.8) is 0 Å². The van der Waals surface area contributed by atoms with E-state index in [1.807, 2.05) is 19.1 Å². The van der Waals surface area contributed by atoms with Crippen LogP contribution in [0.2, 0.25) is 0 Å². The Morgan fingerprint density at radius 2 is 1.81 bits per heavy atom. The van der Waals surface area contributed by atoms with Gasteiger partial charge in [-0.2, -0.15) is 0 Å². The van der Waals surface area contributed by atoms with Gasteiger partial charge in [0.15, 0.2) is 9.84 Å². The lowest BCUT2D eigenvalue weighted by Crippen LogP contribution is -2.42. The zero-order valence-corrected chi connectivity index (χ0v) is 15.6. The molecule has 0 saturated carbocycles.